The molecule has 1 aromatic heterocycles. The second-order valence-corrected chi connectivity index (χ2v) is 7.87. The van der Waals surface area contributed by atoms with E-state index in [0.29, 0.717) is 12.4 Å². The molecular weight excluding hydrogens is 288 g/mol. The maximum absolute atomic E-state index is 11.6. The van der Waals surface area contributed by atoms with Crippen molar-refractivity contribution in [3.63, 3.8) is 0 Å². The van der Waals surface area contributed by atoms with Gasteiger partial charge in [0.25, 0.3) is 0 Å². The second-order valence-electron chi connectivity index (χ2n) is 5.64. The van der Waals surface area contributed by atoms with Gasteiger partial charge in [0.2, 0.25) is 5.95 Å². The fourth-order valence-corrected chi connectivity index (χ4v) is 4.23. The van der Waals surface area contributed by atoms with Gasteiger partial charge in [-0.3, -0.25) is 0 Å². The molecule has 1 atom stereocenters. The van der Waals surface area contributed by atoms with Crippen molar-refractivity contribution in [3.05, 3.63) is 11.8 Å². The lowest BCUT2D eigenvalue weighted by Crippen LogP contribution is -2.33. The lowest BCUT2D eigenvalue weighted by atomic mass is 10.2. The van der Waals surface area contributed by atoms with Crippen LogP contribution in [0.3, 0.4) is 0 Å². The quantitative estimate of drug-likeness (QED) is 0.805. The molecule has 2 rings (SSSR count). The molecule has 118 valence electrons. The lowest BCUT2D eigenvalue weighted by Gasteiger charge is -2.25. The van der Waals surface area contributed by atoms with Crippen LogP contribution in [0.1, 0.15) is 31.9 Å². The Morgan fingerprint density at radius 3 is 2.81 bits per heavy atom. The summed E-state index contributed by atoms with van der Waals surface area (Å²) < 4.78 is 23.2. The Labute approximate surface area is 126 Å². The molecule has 6 nitrogen and oxygen atoms in total. The monoisotopic (exact) mass is 312 g/mol. The van der Waals surface area contributed by atoms with Crippen molar-refractivity contribution in [2.45, 2.75) is 39.2 Å². The zero-order chi connectivity index (χ0) is 15.5. The van der Waals surface area contributed by atoms with E-state index in [4.69, 9.17) is 0 Å². The number of aromatic nitrogens is 2. The first kappa shape index (κ1) is 16.0. The zero-order valence-corrected chi connectivity index (χ0v) is 13.8. The van der Waals surface area contributed by atoms with E-state index in [9.17, 15) is 8.42 Å². The van der Waals surface area contributed by atoms with Crippen LogP contribution in [0.15, 0.2) is 6.07 Å². The number of hydrogen-bond acceptors (Lipinski definition) is 6. The Morgan fingerprint density at radius 1 is 1.43 bits per heavy atom. The van der Waals surface area contributed by atoms with Gasteiger partial charge in [-0.1, -0.05) is 13.3 Å². The van der Waals surface area contributed by atoms with Gasteiger partial charge >= 0.3 is 0 Å². The van der Waals surface area contributed by atoms with Gasteiger partial charge in [-0.2, -0.15) is 4.98 Å². The number of hydrogen-bond donors (Lipinski definition) is 1. The van der Waals surface area contributed by atoms with Crippen LogP contribution < -0.4 is 10.2 Å². The molecule has 1 N–H and O–H groups in total. The summed E-state index contributed by atoms with van der Waals surface area (Å²) in [5.41, 5.74) is 0.881. The first-order valence-electron chi connectivity index (χ1n) is 7.44. The van der Waals surface area contributed by atoms with Gasteiger partial charge in [0.1, 0.15) is 5.82 Å². The molecule has 21 heavy (non-hydrogen) atoms. The summed E-state index contributed by atoms with van der Waals surface area (Å²) in [6, 6.07) is 1.91. The summed E-state index contributed by atoms with van der Waals surface area (Å²) in [7, 11) is -0.981. The number of rotatable bonds is 6. The fourth-order valence-electron chi connectivity index (χ4n) is 2.46. The van der Waals surface area contributed by atoms with Crippen molar-refractivity contribution in [1.29, 1.82) is 0 Å². The van der Waals surface area contributed by atoms with Gasteiger partial charge in [0.05, 0.1) is 11.5 Å². The van der Waals surface area contributed by atoms with Crippen LogP contribution in [-0.4, -0.2) is 49.5 Å². The van der Waals surface area contributed by atoms with E-state index < -0.39 is 9.84 Å². The van der Waals surface area contributed by atoms with Crippen molar-refractivity contribution < 1.29 is 8.42 Å². The van der Waals surface area contributed by atoms with E-state index in [1.54, 1.807) is 0 Å². The van der Waals surface area contributed by atoms with Crippen molar-refractivity contribution in [2.24, 2.45) is 0 Å². The van der Waals surface area contributed by atoms with Crippen LogP contribution in [-0.2, 0) is 9.84 Å². The average Bonchev–Trinajstić information content (AvgIpc) is 2.78. The number of nitrogens with one attached hydrogen (secondary N) is 1. The van der Waals surface area contributed by atoms with Crippen molar-refractivity contribution in [3.8, 4) is 0 Å². The minimum Gasteiger partial charge on any atom is -0.355 e. The predicted molar refractivity (Wildman–Crippen MR) is 85.6 cm³/mol. The van der Waals surface area contributed by atoms with E-state index >= 15 is 0 Å². The molecule has 0 saturated carbocycles. The maximum atomic E-state index is 11.6. The Kier molecular flexibility index (Phi) is 5.03. The molecule has 0 amide bonds. The Hall–Kier alpha value is -1.37. The molecule has 0 aromatic carbocycles. The largest absolute Gasteiger partial charge is 0.355 e. The van der Waals surface area contributed by atoms with Crippen LogP contribution in [0, 0.1) is 6.92 Å². The molecule has 0 aliphatic carbocycles. The van der Waals surface area contributed by atoms with Gasteiger partial charge in [-0.05, 0) is 19.8 Å². The van der Waals surface area contributed by atoms with E-state index in [0.717, 1.165) is 30.9 Å². The highest BCUT2D eigenvalue weighted by Crippen LogP contribution is 2.22. The summed E-state index contributed by atoms with van der Waals surface area (Å²) in [6.45, 7) is 4.91. The van der Waals surface area contributed by atoms with Crippen molar-refractivity contribution in [1.82, 2.24) is 9.97 Å². The smallest absolute Gasteiger partial charge is 0.224 e. The van der Waals surface area contributed by atoms with Gasteiger partial charge in [0, 0.05) is 31.4 Å². The summed E-state index contributed by atoms with van der Waals surface area (Å²) in [4.78, 5) is 10.8. The topological polar surface area (TPSA) is 75.2 Å². The summed E-state index contributed by atoms with van der Waals surface area (Å²) in [5, 5.41) is 3.22. The highest BCUT2D eigenvalue weighted by Gasteiger charge is 2.31. The SMILES string of the molecule is CCCCNc1nc(C)cc(N(C)C2CCS(=O)(=O)C2)n1. The fraction of sp³-hybridized carbons (Fsp3) is 0.714. The molecule has 1 aromatic rings. The summed E-state index contributed by atoms with van der Waals surface area (Å²) in [5.74, 6) is 1.88. The molecule has 1 saturated heterocycles. The molecule has 7 heteroatoms. The molecule has 0 spiro atoms. The van der Waals surface area contributed by atoms with E-state index in [-0.39, 0.29) is 17.5 Å². The third kappa shape index (κ3) is 4.30. The lowest BCUT2D eigenvalue weighted by molar-refractivity contribution is 0.600. The molecule has 0 bridgehead atoms. The molecule has 1 aliphatic heterocycles. The molecule has 0 radical (unpaired) electrons. The van der Waals surface area contributed by atoms with Crippen LogP contribution in [0.4, 0.5) is 11.8 Å². The minimum absolute atomic E-state index is 0.00721. The Balaban J connectivity index is 2.11. The highest BCUT2D eigenvalue weighted by molar-refractivity contribution is 7.91. The third-order valence-corrected chi connectivity index (χ3v) is 5.52. The molecule has 1 aliphatic rings. The molecule has 2 heterocycles. The van der Waals surface area contributed by atoms with Crippen molar-refractivity contribution in [2.75, 3.05) is 35.3 Å². The highest BCUT2D eigenvalue weighted by atomic mass is 32.2. The van der Waals surface area contributed by atoms with Crippen LogP contribution in [0.5, 0.6) is 0 Å². The molecule has 1 unspecified atom stereocenters. The molecular formula is C14H24N4O2S. The molecule has 1 fully saturated rings. The van der Waals surface area contributed by atoms with Crippen LogP contribution >= 0.6 is 0 Å². The zero-order valence-electron chi connectivity index (χ0n) is 13.0. The minimum atomic E-state index is -2.89. The Bertz CT molecular complexity index is 589. The third-order valence-electron chi connectivity index (χ3n) is 3.77. The first-order valence-corrected chi connectivity index (χ1v) is 9.26. The maximum Gasteiger partial charge on any atom is 0.224 e. The number of nitrogens with zero attached hydrogens (tertiary/aromatic N) is 3. The van der Waals surface area contributed by atoms with E-state index in [1.165, 1.54) is 0 Å². The van der Waals surface area contributed by atoms with E-state index in [1.807, 2.05) is 24.9 Å². The average molecular weight is 312 g/mol. The van der Waals surface area contributed by atoms with Crippen LogP contribution in [0.25, 0.3) is 0 Å². The number of sulfone groups is 1. The number of aryl methyl sites for hydroxylation is 1. The van der Waals surface area contributed by atoms with Crippen molar-refractivity contribution >= 4 is 21.6 Å². The predicted octanol–water partition coefficient (Wildman–Crippen LogP) is 1.62. The van der Waals surface area contributed by atoms with Gasteiger partial charge in [-0.15, -0.1) is 0 Å². The first-order chi connectivity index (χ1) is 9.91. The summed E-state index contributed by atoms with van der Waals surface area (Å²) >= 11 is 0. The Morgan fingerprint density at radius 2 is 2.19 bits per heavy atom. The van der Waals surface area contributed by atoms with Crippen LogP contribution in [0.2, 0.25) is 0 Å². The number of anilines is 2. The van der Waals surface area contributed by atoms with Gasteiger partial charge in [0.15, 0.2) is 9.84 Å². The summed E-state index contributed by atoms with van der Waals surface area (Å²) in [6.07, 6.45) is 2.86. The van der Waals surface area contributed by atoms with Gasteiger partial charge in [-0.25, -0.2) is 13.4 Å². The second kappa shape index (κ2) is 6.60. The van der Waals surface area contributed by atoms with Gasteiger partial charge < -0.3 is 10.2 Å². The number of unbranched alkanes of at least 4 members (excludes halogenated alkanes) is 1. The standard InChI is InChI=1S/C14H24N4O2S/c1-4-5-7-15-14-16-11(2)9-13(17-14)18(3)12-6-8-21(19,20)10-12/h9,12H,4-8,10H2,1-3H3,(H,15,16,17). The normalized spacial score (nSPS) is 20.4. The van der Waals surface area contributed by atoms with E-state index in [2.05, 4.69) is 22.2 Å².